The summed E-state index contributed by atoms with van der Waals surface area (Å²) in [6.07, 6.45) is -0.762. The molecular weight excluding hydrogens is 270 g/mol. The average Bonchev–Trinajstić information content (AvgIpc) is 2.88. The molecule has 1 aromatic heterocycles. The molecular formula is C16H21NO4. The van der Waals surface area contributed by atoms with Gasteiger partial charge in [-0.1, -0.05) is 26.0 Å². The molecule has 0 saturated heterocycles. The van der Waals surface area contributed by atoms with Crippen molar-refractivity contribution >= 4 is 16.8 Å². The predicted octanol–water partition coefficient (Wildman–Crippen LogP) is 2.36. The van der Waals surface area contributed by atoms with Gasteiger partial charge in [-0.05, 0) is 18.1 Å². The van der Waals surface area contributed by atoms with E-state index in [1.54, 1.807) is 12.1 Å². The van der Waals surface area contributed by atoms with Crippen LogP contribution in [0, 0.1) is 5.92 Å². The second kappa shape index (κ2) is 6.28. The molecule has 0 aliphatic heterocycles. The monoisotopic (exact) mass is 291 g/mol. The van der Waals surface area contributed by atoms with Crippen molar-refractivity contribution in [2.45, 2.75) is 32.9 Å². The minimum atomic E-state index is -0.762. The van der Waals surface area contributed by atoms with E-state index in [1.807, 2.05) is 26.0 Å². The highest BCUT2D eigenvalue weighted by Crippen LogP contribution is 2.29. The number of hydrogen-bond acceptors (Lipinski definition) is 5. The highest BCUT2D eigenvalue weighted by Gasteiger charge is 2.20. The van der Waals surface area contributed by atoms with Gasteiger partial charge in [-0.3, -0.25) is 4.79 Å². The number of carbonyl (C=O) groups is 1. The zero-order chi connectivity index (χ0) is 15.6. The lowest BCUT2D eigenvalue weighted by Crippen LogP contribution is -2.42. The number of rotatable bonds is 6. The summed E-state index contributed by atoms with van der Waals surface area (Å²) in [7, 11) is 0. The van der Waals surface area contributed by atoms with Gasteiger partial charge in [0.05, 0.1) is 0 Å². The van der Waals surface area contributed by atoms with Gasteiger partial charge in [0.15, 0.2) is 22.9 Å². The first-order valence-corrected chi connectivity index (χ1v) is 7.00. The summed E-state index contributed by atoms with van der Waals surface area (Å²) in [5, 5.41) is 10.8. The minimum absolute atomic E-state index is 0.0779. The highest BCUT2D eigenvalue weighted by atomic mass is 16.5. The highest BCUT2D eigenvalue weighted by molar-refractivity contribution is 5.97. The molecule has 0 aliphatic carbocycles. The number of ketones is 1. The molecule has 0 fully saturated rings. The van der Waals surface area contributed by atoms with Crippen LogP contribution in [0.5, 0.6) is 5.75 Å². The largest absolute Gasteiger partial charge is 0.487 e. The Hall–Kier alpha value is -1.85. The van der Waals surface area contributed by atoms with E-state index >= 15 is 0 Å². The van der Waals surface area contributed by atoms with Crippen molar-refractivity contribution < 1.29 is 19.1 Å². The number of Topliss-reactive ketones (excluding diaryl/α,β-unsaturated/α-hetero) is 1. The average molecular weight is 291 g/mol. The van der Waals surface area contributed by atoms with Gasteiger partial charge in [0.2, 0.25) is 0 Å². The third-order valence-corrected chi connectivity index (χ3v) is 3.48. The van der Waals surface area contributed by atoms with Crippen LogP contribution in [0.4, 0.5) is 0 Å². The molecule has 0 radical (unpaired) electrons. The third kappa shape index (κ3) is 3.43. The van der Waals surface area contributed by atoms with Gasteiger partial charge in [0.1, 0.15) is 12.7 Å². The summed E-state index contributed by atoms with van der Waals surface area (Å²) >= 11 is 0. The fraction of sp³-hybridized carbons (Fsp3) is 0.438. The second-order valence-electron chi connectivity index (χ2n) is 5.54. The fourth-order valence-corrected chi connectivity index (χ4v) is 2.05. The number of para-hydroxylation sites is 1. The molecule has 2 rings (SSSR count). The summed E-state index contributed by atoms with van der Waals surface area (Å²) in [4.78, 5) is 11.4. The SMILES string of the molecule is CC(=O)c1cc2cccc(OC[C@@H](O)C(N)C(C)C)c2o1. The number of carbonyl (C=O) groups excluding carboxylic acids is 1. The summed E-state index contributed by atoms with van der Waals surface area (Å²) in [5.41, 5.74) is 6.39. The number of benzene rings is 1. The smallest absolute Gasteiger partial charge is 0.194 e. The number of fused-ring (bicyclic) bond motifs is 1. The van der Waals surface area contributed by atoms with Crippen LogP contribution in [0.2, 0.25) is 0 Å². The van der Waals surface area contributed by atoms with Crippen molar-refractivity contribution in [1.29, 1.82) is 0 Å². The van der Waals surface area contributed by atoms with Gasteiger partial charge in [-0.25, -0.2) is 0 Å². The van der Waals surface area contributed by atoms with Crippen molar-refractivity contribution in [3.05, 3.63) is 30.0 Å². The van der Waals surface area contributed by atoms with Crippen molar-refractivity contribution in [3.8, 4) is 5.75 Å². The first kappa shape index (κ1) is 15.5. The normalized spacial score (nSPS) is 14.4. The molecule has 5 heteroatoms. The number of furan rings is 1. The summed E-state index contributed by atoms with van der Waals surface area (Å²) in [6, 6.07) is 6.72. The number of nitrogens with two attached hydrogens (primary N) is 1. The minimum Gasteiger partial charge on any atom is -0.487 e. The van der Waals surface area contributed by atoms with Crippen LogP contribution in [0.25, 0.3) is 11.0 Å². The maximum Gasteiger partial charge on any atom is 0.194 e. The molecule has 0 bridgehead atoms. The zero-order valence-corrected chi connectivity index (χ0v) is 12.5. The molecule has 21 heavy (non-hydrogen) atoms. The lowest BCUT2D eigenvalue weighted by molar-refractivity contribution is 0.0717. The van der Waals surface area contributed by atoms with Crippen LogP contribution in [0.15, 0.2) is 28.7 Å². The van der Waals surface area contributed by atoms with E-state index in [0.29, 0.717) is 17.1 Å². The van der Waals surface area contributed by atoms with Crippen LogP contribution in [0.3, 0.4) is 0 Å². The number of aliphatic hydroxyl groups is 1. The van der Waals surface area contributed by atoms with Gasteiger partial charge >= 0.3 is 0 Å². The molecule has 0 spiro atoms. The number of aliphatic hydroxyl groups excluding tert-OH is 1. The quantitative estimate of drug-likeness (QED) is 0.798. The molecule has 0 amide bonds. The van der Waals surface area contributed by atoms with Crippen molar-refractivity contribution in [2.24, 2.45) is 11.7 Å². The van der Waals surface area contributed by atoms with Gasteiger partial charge in [-0.15, -0.1) is 0 Å². The number of ether oxygens (including phenoxy) is 1. The number of hydrogen-bond donors (Lipinski definition) is 2. The molecule has 2 aromatic rings. The van der Waals surface area contributed by atoms with Crippen LogP contribution >= 0.6 is 0 Å². The summed E-state index contributed by atoms with van der Waals surface area (Å²) < 4.78 is 11.1. The molecule has 1 heterocycles. The standard InChI is InChI=1S/C16H21NO4/c1-9(2)15(17)12(19)8-20-13-6-4-5-11-7-14(10(3)18)21-16(11)13/h4-7,9,12,15,19H,8,17H2,1-3H3/t12-,15?/m1/s1. The predicted molar refractivity (Wildman–Crippen MR) is 80.5 cm³/mol. The van der Waals surface area contributed by atoms with Crippen molar-refractivity contribution in [2.75, 3.05) is 6.61 Å². The summed E-state index contributed by atoms with van der Waals surface area (Å²) in [5.74, 6) is 0.807. The zero-order valence-electron chi connectivity index (χ0n) is 12.5. The van der Waals surface area contributed by atoms with Gasteiger partial charge in [0, 0.05) is 18.4 Å². The third-order valence-electron chi connectivity index (χ3n) is 3.48. The topological polar surface area (TPSA) is 85.7 Å². The first-order valence-electron chi connectivity index (χ1n) is 7.00. The van der Waals surface area contributed by atoms with Crippen LogP contribution < -0.4 is 10.5 Å². The van der Waals surface area contributed by atoms with E-state index in [4.69, 9.17) is 14.9 Å². The van der Waals surface area contributed by atoms with Crippen LogP contribution in [-0.4, -0.2) is 29.6 Å². The van der Waals surface area contributed by atoms with Crippen molar-refractivity contribution in [3.63, 3.8) is 0 Å². The summed E-state index contributed by atoms with van der Waals surface area (Å²) in [6.45, 7) is 5.42. The Bertz CT molecular complexity index is 632. The van der Waals surface area contributed by atoms with Gasteiger partial charge in [0.25, 0.3) is 0 Å². The second-order valence-corrected chi connectivity index (χ2v) is 5.54. The van der Waals surface area contributed by atoms with Crippen molar-refractivity contribution in [1.82, 2.24) is 0 Å². The Morgan fingerprint density at radius 3 is 2.76 bits per heavy atom. The Morgan fingerprint density at radius 1 is 1.43 bits per heavy atom. The first-order chi connectivity index (χ1) is 9.90. The molecule has 114 valence electrons. The molecule has 5 nitrogen and oxygen atoms in total. The lowest BCUT2D eigenvalue weighted by Gasteiger charge is -2.22. The lowest BCUT2D eigenvalue weighted by atomic mass is 10.0. The molecule has 1 unspecified atom stereocenters. The Morgan fingerprint density at radius 2 is 2.14 bits per heavy atom. The van der Waals surface area contributed by atoms with Crippen LogP contribution in [0.1, 0.15) is 31.3 Å². The maximum atomic E-state index is 11.4. The molecule has 0 saturated carbocycles. The van der Waals surface area contributed by atoms with E-state index in [9.17, 15) is 9.90 Å². The Kier molecular flexibility index (Phi) is 4.65. The van der Waals surface area contributed by atoms with E-state index in [0.717, 1.165) is 5.39 Å². The maximum absolute atomic E-state index is 11.4. The van der Waals surface area contributed by atoms with E-state index in [1.165, 1.54) is 6.92 Å². The van der Waals surface area contributed by atoms with Gasteiger partial charge in [-0.2, -0.15) is 0 Å². The van der Waals surface area contributed by atoms with E-state index < -0.39 is 6.10 Å². The molecule has 0 aliphatic rings. The Balaban J connectivity index is 2.17. The van der Waals surface area contributed by atoms with Gasteiger partial charge < -0.3 is 20.0 Å². The Labute approximate surface area is 123 Å². The van der Waals surface area contributed by atoms with E-state index in [-0.39, 0.29) is 24.3 Å². The molecule has 1 aromatic carbocycles. The van der Waals surface area contributed by atoms with E-state index in [2.05, 4.69) is 0 Å². The fourth-order valence-electron chi connectivity index (χ4n) is 2.05. The molecule has 3 N–H and O–H groups in total. The molecule has 2 atom stereocenters. The van der Waals surface area contributed by atoms with Crippen LogP contribution in [-0.2, 0) is 0 Å².